The zero-order valence-electron chi connectivity index (χ0n) is 11.1. The Morgan fingerprint density at radius 3 is 2.94 bits per heavy atom. The van der Waals surface area contributed by atoms with E-state index in [1.807, 2.05) is 25.7 Å². The van der Waals surface area contributed by atoms with E-state index in [0.29, 0.717) is 12.4 Å². The van der Waals surface area contributed by atoms with Gasteiger partial charge in [-0.3, -0.25) is 0 Å². The number of urea groups is 1. The molecule has 0 fully saturated rings. The van der Waals surface area contributed by atoms with Crippen molar-refractivity contribution in [2.45, 2.75) is 33.2 Å². The van der Waals surface area contributed by atoms with Crippen LogP contribution in [0.4, 0.5) is 4.79 Å². The third kappa shape index (κ3) is 2.91. The van der Waals surface area contributed by atoms with Gasteiger partial charge in [0, 0.05) is 13.1 Å². The summed E-state index contributed by atoms with van der Waals surface area (Å²) in [7, 11) is 0. The molecule has 98 valence electrons. The van der Waals surface area contributed by atoms with Gasteiger partial charge in [-0.25, -0.2) is 9.78 Å². The van der Waals surface area contributed by atoms with E-state index >= 15 is 0 Å². The number of hydrogen-bond acceptors (Lipinski definition) is 3. The van der Waals surface area contributed by atoms with E-state index in [4.69, 9.17) is 4.42 Å². The molecule has 2 amide bonds. The molecule has 2 heterocycles. The summed E-state index contributed by atoms with van der Waals surface area (Å²) >= 11 is 0. The van der Waals surface area contributed by atoms with Gasteiger partial charge in [-0.15, -0.1) is 0 Å². The van der Waals surface area contributed by atoms with Crippen LogP contribution in [0.3, 0.4) is 0 Å². The summed E-state index contributed by atoms with van der Waals surface area (Å²) in [5.74, 6) is 1.30. The van der Waals surface area contributed by atoms with Crippen molar-refractivity contribution in [3.05, 3.63) is 29.5 Å². The lowest BCUT2D eigenvalue weighted by atomic mass is 10.1. The van der Waals surface area contributed by atoms with Gasteiger partial charge in [0.15, 0.2) is 0 Å². The lowest BCUT2D eigenvalue weighted by Gasteiger charge is -2.27. The third-order valence-electron chi connectivity index (χ3n) is 2.97. The van der Waals surface area contributed by atoms with Crippen LogP contribution in [-0.2, 0) is 0 Å². The van der Waals surface area contributed by atoms with Crippen molar-refractivity contribution in [3.63, 3.8) is 0 Å². The number of aromatic nitrogens is 1. The predicted molar refractivity (Wildman–Crippen MR) is 68.1 cm³/mol. The molecule has 1 aromatic rings. The van der Waals surface area contributed by atoms with Crippen LogP contribution in [-0.4, -0.2) is 29.0 Å². The summed E-state index contributed by atoms with van der Waals surface area (Å²) in [6, 6.07) is -0.275. The van der Waals surface area contributed by atoms with Crippen LogP contribution < -0.4 is 5.32 Å². The van der Waals surface area contributed by atoms with Crippen LogP contribution in [0.15, 0.2) is 22.3 Å². The molecule has 1 unspecified atom stereocenters. The van der Waals surface area contributed by atoms with Crippen molar-refractivity contribution in [2.24, 2.45) is 0 Å². The first-order valence-electron chi connectivity index (χ1n) is 6.19. The van der Waals surface area contributed by atoms with Gasteiger partial charge in [0.1, 0.15) is 11.8 Å². The summed E-state index contributed by atoms with van der Waals surface area (Å²) in [4.78, 5) is 18.0. The van der Waals surface area contributed by atoms with Crippen LogP contribution in [0, 0.1) is 6.92 Å². The first kappa shape index (κ1) is 12.7. The fourth-order valence-electron chi connectivity index (χ4n) is 2.00. The van der Waals surface area contributed by atoms with E-state index in [2.05, 4.69) is 16.4 Å². The monoisotopic (exact) mass is 249 g/mol. The normalized spacial score (nSPS) is 17.3. The largest absolute Gasteiger partial charge is 0.444 e. The highest BCUT2D eigenvalue weighted by atomic mass is 16.4. The van der Waals surface area contributed by atoms with E-state index in [0.717, 1.165) is 18.7 Å². The molecule has 0 radical (unpaired) electrons. The number of aryl methyl sites for hydroxylation is 1. The number of carbonyl (C=O) groups excluding carboxylic acids is 1. The molecule has 5 nitrogen and oxygen atoms in total. The van der Waals surface area contributed by atoms with Crippen LogP contribution >= 0.6 is 0 Å². The quantitative estimate of drug-likeness (QED) is 0.819. The Kier molecular flexibility index (Phi) is 3.69. The molecule has 1 aromatic heterocycles. The van der Waals surface area contributed by atoms with Gasteiger partial charge < -0.3 is 14.6 Å². The maximum absolute atomic E-state index is 12.1. The molecule has 0 saturated heterocycles. The van der Waals surface area contributed by atoms with Gasteiger partial charge in [0.2, 0.25) is 5.89 Å². The van der Waals surface area contributed by atoms with Gasteiger partial charge in [-0.2, -0.15) is 0 Å². The highest BCUT2D eigenvalue weighted by Gasteiger charge is 2.20. The smallest absolute Gasteiger partial charge is 0.318 e. The molecule has 0 spiro atoms. The summed E-state index contributed by atoms with van der Waals surface area (Å²) in [5.41, 5.74) is 1.23. The number of nitrogens with one attached hydrogen (secondary N) is 1. The zero-order chi connectivity index (χ0) is 13.1. The molecular formula is C13H19N3O2. The number of amides is 2. The Morgan fingerprint density at radius 1 is 1.56 bits per heavy atom. The second-order valence-electron chi connectivity index (χ2n) is 4.74. The molecule has 1 N–H and O–H groups in total. The predicted octanol–water partition coefficient (Wildman–Crippen LogP) is 2.41. The van der Waals surface area contributed by atoms with E-state index in [9.17, 15) is 4.79 Å². The standard InChI is InChI=1S/C13H19N3O2/c1-9-5-4-6-16(8-9)13(17)15-11(3)12-14-7-10(2)18-12/h5,7,11H,4,6,8H2,1-3H3,(H,15,17). The van der Waals surface area contributed by atoms with Gasteiger partial charge in [-0.05, 0) is 27.2 Å². The lowest BCUT2D eigenvalue weighted by Crippen LogP contribution is -2.43. The van der Waals surface area contributed by atoms with E-state index in [1.54, 1.807) is 6.20 Å². The maximum atomic E-state index is 12.1. The molecule has 5 heteroatoms. The Hall–Kier alpha value is -1.78. The van der Waals surface area contributed by atoms with Crippen molar-refractivity contribution in [2.75, 3.05) is 13.1 Å². The highest BCUT2D eigenvalue weighted by molar-refractivity contribution is 5.75. The minimum absolute atomic E-state index is 0.0641. The van der Waals surface area contributed by atoms with Crippen LogP contribution in [0.2, 0.25) is 0 Å². The van der Waals surface area contributed by atoms with Gasteiger partial charge >= 0.3 is 6.03 Å². The fraction of sp³-hybridized carbons (Fsp3) is 0.538. The first-order chi connectivity index (χ1) is 8.56. The number of carbonyl (C=O) groups is 1. The van der Waals surface area contributed by atoms with Crippen molar-refractivity contribution in [1.29, 1.82) is 0 Å². The van der Waals surface area contributed by atoms with E-state index in [1.165, 1.54) is 5.57 Å². The molecule has 2 rings (SSSR count). The van der Waals surface area contributed by atoms with Gasteiger partial charge in [0.25, 0.3) is 0 Å². The SMILES string of the molecule is CC1=CCCN(C(=O)NC(C)c2ncc(C)o2)C1. The van der Waals surface area contributed by atoms with Crippen molar-refractivity contribution in [3.8, 4) is 0 Å². The van der Waals surface area contributed by atoms with Crippen LogP contribution in [0.1, 0.15) is 38.0 Å². The number of rotatable bonds is 2. The van der Waals surface area contributed by atoms with Crippen molar-refractivity contribution >= 4 is 6.03 Å². The Labute approximate surface area is 107 Å². The average Bonchev–Trinajstić information content (AvgIpc) is 2.76. The second-order valence-corrected chi connectivity index (χ2v) is 4.74. The topological polar surface area (TPSA) is 58.4 Å². The van der Waals surface area contributed by atoms with Crippen LogP contribution in [0.5, 0.6) is 0 Å². The molecule has 1 aliphatic heterocycles. The molecule has 1 aliphatic rings. The van der Waals surface area contributed by atoms with Crippen LogP contribution in [0.25, 0.3) is 0 Å². The molecule has 0 aliphatic carbocycles. The molecule has 0 bridgehead atoms. The summed E-state index contributed by atoms with van der Waals surface area (Å²) in [5, 5.41) is 2.90. The minimum atomic E-state index is -0.211. The fourth-order valence-corrected chi connectivity index (χ4v) is 2.00. The Bertz CT molecular complexity index is 465. The van der Waals surface area contributed by atoms with E-state index in [-0.39, 0.29) is 12.1 Å². The summed E-state index contributed by atoms with van der Waals surface area (Å²) in [6.45, 7) is 7.21. The Balaban J connectivity index is 1.93. The number of oxazole rings is 1. The highest BCUT2D eigenvalue weighted by Crippen LogP contribution is 2.14. The van der Waals surface area contributed by atoms with Crippen molar-refractivity contribution in [1.82, 2.24) is 15.2 Å². The lowest BCUT2D eigenvalue weighted by molar-refractivity contribution is 0.195. The molecule has 0 aromatic carbocycles. The van der Waals surface area contributed by atoms with Crippen molar-refractivity contribution < 1.29 is 9.21 Å². The molecule has 1 atom stereocenters. The molecule has 18 heavy (non-hydrogen) atoms. The zero-order valence-corrected chi connectivity index (χ0v) is 11.1. The maximum Gasteiger partial charge on any atom is 0.318 e. The minimum Gasteiger partial charge on any atom is -0.444 e. The van der Waals surface area contributed by atoms with E-state index < -0.39 is 0 Å². The third-order valence-corrected chi connectivity index (χ3v) is 2.97. The summed E-state index contributed by atoms with van der Waals surface area (Å²) < 4.78 is 5.40. The second kappa shape index (κ2) is 5.25. The van der Waals surface area contributed by atoms with Gasteiger partial charge in [0.05, 0.1) is 6.20 Å². The molecular weight excluding hydrogens is 230 g/mol. The Morgan fingerprint density at radius 2 is 2.33 bits per heavy atom. The molecule has 0 saturated carbocycles. The first-order valence-corrected chi connectivity index (χ1v) is 6.19. The number of nitrogens with zero attached hydrogens (tertiary/aromatic N) is 2. The average molecular weight is 249 g/mol. The van der Waals surface area contributed by atoms with Gasteiger partial charge in [-0.1, -0.05) is 11.6 Å². The number of hydrogen-bond donors (Lipinski definition) is 1. The summed E-state index contributed by atoms with van der Waals surface area (Å²) in [6.07, 6.45) is 4.75.